The smallest absolute Gasteiger partial charge is 0.398 e. The topological polar surface area (TPSA) is 54.7 Å². The van der Waals surface area contributed by atoms with Crippen LogP contribution in [-0.2, 0) is 12.6 Å². The number of benzene rings is 2. The van der Waals surface area contributed by atoms with Crippen molar-refractivity contribution in [1.29, 1.82) is 0 Å². The molecule has 2 aromatic carbocycles. The molecule has 108 valence electrons. The lowest BCUT2D eigenvalue weighted by Gasteiger charge is -2.05. The van der Waals surface area contributed by atoms with Gasteiger partial charge in [-0.05, 0) is 29.8 Å². The molecule has 3 rings (SSSR count). The molecule has 0 fully saturated rings. The fraction of sp³-hybridized carbons (Fsp3) is 0.133. The first-order valence-electron chi connectivity index (χ1n) is 6.33. The molecule has 3 aromatic rings. The lowest BCUT2D eigenvalue weighted by Crippen LogP contribution is -2.04. The molecule has 0 radical (unpaired) electrons. The minimum atomic E-state index is -4.36. The summed E-state index contributed by atoms with van der Waals surface area (Å²) >= 11 is 0. The molecule has 1 aromatic heterocycles. The van der Waals surface area contributed by atoms with Crippen LogP contribution < -0.4 is 5.73 Å². The maximum Gasteiger partial charge on any atom is 0.416 e. The van der Waals surface area contributed by atoms with Gasteiger partial charge in [0.25, 0.3) is 0 Å². The number of halogens is 3. The van der Waals surface area contributed by atoms with Crippen molar-refractivity contribution in [2.45, 2.75) is 12.6 Å². The Morgan fingerprint density at radius 2 is 1.86 bits per heavy atom. The van der Waals surface area contributed by atoms with Crippen LogP contribution in [0.5, 0.6) is 0 Å². The monoisotopic (exact) mass is 291 g/mol. The Labute approximate surface area is 118 Å². The van der Waals surface area contributed by atoms with Crippen LogP contribution in [0.4, 0.5) is 18.9 Å². The number of nitrogens with two attached hydrogens (primary N) is 1. The number of alkyl halides is 3. The predicted molar refractivity (Wildman–Crippen MR) is 74.8 cm³/mol. The van der Waals surface area contributed by atoms with Crippen molar-refractivity contribution in [2.75, 3.05) is 5.73 Å². The molecular formula is C15H12F3N3. The van der Waals surface area contributed by atoms with E-state index in [-0.39, 0.29) is 0 Å². The van der Waals surface area contributed by atoms with Gasteiger partial charge in [-0.1, -0.05) is 18.2 Å². The minimum absolute atomic E-state index is 0.370. The van der Waals surface area contributed by atoms with Crippen LogP contribution in [0.2, 0.25) is 0 Å². The second-order valence-electron chi connectivity index (χ2n) is 4.79. The lowest BCUT2D eigenvalue weighted by molar-refractivity contribution is -0.137. The van der Waals surface area contributed by atoms with E-state index in [1.54, 1.807) is 6.07 Å². The molecular weight excluding hydrogens is 279 g/mol. The van der Waals surface area contributed by atoms with Crippen molar-refractivity contribution in [2.24, 2.45) is 0 Å². The van der Waals surface area contributed by atoms with Gasteiger partial charge in [0, 0.05) is 12.1 Å². The number of nitrogen functional groups attached to an aromatic ring is 1. The van der Waals surface area contributed by atoms with Gasteiger partial charge >= 0.3 is 6.18 Å². The summed E-state index contributed by atoms with van der Waals surface area (Å²) in [5.74, 6) is 0.585. The van der Waals surface area contributed by atoms with E-state index >= 15 is 0 Å². The first kappa shape index (κ1) is 13.5. The van der Waals surface area contributed by atoms with Gasteiger partial charge in [-0.2, -0.15) is 13.2 Å². The Bertz CT molecular complexity index is 790. The van der Waals surface area contributed by atoms with Crippen LogP contribution in [0, 0.1) is 0 Å². The number of aromatic amines is 1. The average molecular weight is 291 g/mol. The Morgan fingerprint density at radius 1 is 1.10 bits per heavy atom. The first-order valence-corrected chi connectivity index (χ1v) is 6.33. The third-order valence-corrected chi connectivity index (χ3v) is 3.27. The molecule has 3 nitrogen and oxygen atoms in total. The van der Waals surface area contributed by atoms with Crippen molar-refractivity contribution in [3.63, 3.8) is 0 Å². The van der Waals surface area contributed by atoms with Gasteiger partial charge in [-0.15, -0.1) is 0 Å². The van der Waals surface area contributed by atoms with Crippen molar-refractivity contribution in [3.8, 4) is 0 Å². The standard InChI is InChI=1S/C15H12F3N3/c16-15(17,18)10-5-6-12-13(8-10)21-14(20-12)7-9-3-1-2-4-11(9)19/h1-6,8H,7,19H2,(H,20,21). The summed E-state index contributed by atoms with van der Waals surface area (Å²) in [5.41, 5.74) is 7.56. The summed E-state index contributed by atoms with van der Waals surface area (Å²) in [7, 11) is 0. The quantitative estimate of drug-likeness (QED) is 0.706. The van der Waals surface area contributed by atoms with E-state index in [9.17, 15) is 13.2 Å². The number of fused-ring (bicyclic) bond motifs is 1. The number of hydrogen-bond donors (Lipinski definition) is 2. The van der Waals surface area contributed by atoms with Gasteiger partial charge in [0.15, 0.2) is 0 Å². The molecule has 0 aliphatic heterocycles. The second kappa shape index (κ2) is 4.80. The molecule has 0 saturated carbocycles. The fourth-order valence-electron chi connectivity index (χ4n) is 2.20. The van der Waals surface area contributed by atoms with Gasteiger partial charge in [0.2, 0.25) is 0 Å². The second-order valence-corrected chi connectivity index (χ2v) is 4.79. The molecule has 0 bridgehead atoms. The Morgan fingerprint density at radius 3 is 2.57 bits per heavy atom. The number of nitrogens with one attached hydrogen (secondary N) is 1. The SMILES string of the molecule is Nc1ccccc1Cc1nc2ccc(C(F)(F)F)cc2[nH]1. The van der Waals surface area contributed by atoms with E-state index < -0.39 is 11.7 Å². The zero-order valence-electron chi connectivity index (χ0n) is 10.9. The summed E-state index contributed by atoms with van der Waals surface area (Å²) in [6.07, 6.45) is -3.91. The predicted octanol–water partition coefficient (Wildman–Crippen LogP) is 3.75. The summed E-state index contributed by atoms with van der Waals surface area (Å²) in [5, 5.41) is 0. The number of rotatable bonds is 2. The van der Waals surface area contributed by atoms with E-state index in [2.05, 4.69) is 9.97 Å². The molecule has 3 N–H and O–H groups in total. The minimum Gasteiger partial charge on any atom is -0.398 e. The molecule has 0 saturated heterocycles. The molecule has 1 heterocycles. The molecule has 0 aliphatic carbocycles. The molecule has 0 aliphatic rings. The van der Waals surface area contributed by atoms with E-state index in [1.807, 2.05) is 18.2 Å². The number of nitrogens with zero attached hydrogens (tertiary/aromatic N) is 1. The highest BCUT2D eigenvalue weighted by Gasteiger charge is 2.30. The lowest BCUT2D eigenvalue weighted by atomic mass is 10.1. The highest BCUT2D eigenvalue weighted by molar-refractivity contribution is 5.76. The Hall–Kier alpha value is -2.50. The van der Waals surface area contributed by atoms with E-state index in [4.69, 9.17) is 5.73 Å². The third-order valence-electron chi connectivity index (χ3n) is 3.27. The van der Waals surface area contributed by atoms with E-state index in [1.165, 1.54) is 6.07 Å². The maximum absolute atomic E-state index is 12.7. The Kier molecular flexibility index (Phi) is 3.08. The summed E-state index contributed by atoms with van der Waals surface area (Å²) < 4.78 is 38.0. The molecule has 21 heavy (non-hydrogen) atoms. The number of anilines is 1. The van der Waals surface area contributed by atoms with E-state index in [0.29, 0.717) is 29.0 Å². The van der Waals surface area contributed by atoms with Gasteiger partial charge in [-0.25, -0.2) is 4.98 Å². The molecule has 0 atom stereocenters. The van der Waals surface area contributed by atoms with Crippen molar-refractivity contribution in [1.82, 2.24) is 9.97 Å². The third kappa shape index (κ3) is 2.69. The molecule has 0 unspecified atom stereocenters. The highest BCUT2D eigenvalue weighted by Crippen LogP contribution is 2.31. The van der Waals surface area contributed by atoms with Crippen molar-refractivity contribution >= 4 is 16.7 Å². The van der Waals surface area contributed by atoms with Crippen LogP contribution in [0.3, 0.4) is 0 Å². The number of H-pyrrole nitrogens is 1. The Balaban J connectivity index is 1.96. The summed E-state index contributed by atoms with van der Waals surface area (Å²) in [6.45, 7) is 0. The van der Waals surface area contributed by atoms with Gasteiger partial charge < -0.3 is 10.7 Å². The van der Waals surface area contributed by atoms with Crippen molar-refractivity contribution in [3.05, 3.63) is 59.4 Å². The summed E-state index contributed by atoms with van der Waals surface area (Å²) in [4.78, 5) is 7.21. The van der Waals surface area contributed by atoms with Gasteiger partial charge in [0.1, 0.15) is 5.82 Å². The summed E-state index contributed by atoms with van der Waals surface area (Å²) in [6, 6.07) is 10.8. The van der Waals surface area contributed by atoms with Crippen LogP contribution in [0.25, 0.3) is 11.0 Å². The van der Waals surface area contributed by atoms with Crippen LogP contribution in [0.1, 0.15) is 17.0 Å². The van der Waals surface area contributed by atoms with E-state index in [0.717, 1.165) is 17.7 Å². The normalized spacial score (nSPS) is 12.0. The van der Waals surface area contributed by atoms with Crippen LogP contribution in [-0.4, -0.2) is 9.97 Å². The zero-order chi connectivity index (χ0) is 15.0. The fourth-order valence-corrected chi connectivity index (χ4v) is 2.20. The zero-order valence-corrected chi connectivity index (χ0v) is 10.9. The van der Waals surface area contributed by atoms with Crippen molar-refractivity contribution < 1.29 is 13.2 Å². The highest BCUT2D eigenvalue weighted by atomic mass is 19.4. The number of hydrogen-bond acceptors (Lipinski definition) is 2. The maximum atomic E-state index is 12.7. The number of aromatic nitrogens is 2. The number of para-hydroxylation sites is 1. The van der Waals surface area contributed by atoms with Gasteiger partial charge in [0.05, 0.1) is 16.6 Å². The van der Waals surface area contributed by atoms with Crippen LogP contribution in [0.15, 0.2) is 42.5 Å². The largest absolute Gasteiger partial charge is 0.416 e. The van der Waals surface area contributed by atoms with Crippen LogP contribution >= 0.6 is 0 Å². The van der Waals surface area contributed by atoms with Gasteiger partial charge in [-0.3, -0.25) is 0 Å². The molecule has 0 amide bonds. The molecule has 6 heteroatoms. The first-order chi connectivity index (χ1) is 9.93. The average Bonchev–Trinajstić information content (AvgIpc) is 2.81. The number of imidazole rings is 1. The molecule has 0 spiro atoms.